The van der Waals surface area contributed by atoms with Crippen molar-refractivity contribution in [1.29, 1.82) is 0 Å². The molecule has 0 radical (unpaired) electrons. The van der Waals surface area contributed by atoms with Crippen LogP contribution in [-0.4, -0.2) is 30.9 Å². The van der Waals surface area contributed by atoms with Crippen LogP contribution >= 0.6 is 11.3 Å². The molecule has 2 aromatic rings. The molecule has 1 heterocycles. The molecule has 0 saturated heterocycles. The number of aryl methyl sites for hydroxylation is 1. The van der Waals surface area contributed by atoms with Gasteiger partial charge in [-0.1, -0.05) is 0 Å². The highest BCUT2D eigenvalue weighted by Crippen LogP contribution is 2.34. The standard InChI is InChI=1S/C14H17NO3S/c1-9-13(6-7-16)19-14(15-9)10-4-5-11(17-2)12(8-10)18-3/h4-5,8,16H,6-7H2,1-3H3. The van der Waals surface area contributed by atoms with Crippen LogP contribution in [0.1, 0.15) is 10.6 Å². The van der Waals surface area contributed by atoms with Crippen LogP contribution in [0.2, 0.25) is 0 Å². The average Bonchev–Trinajstić information content (AvgIpc) is 2.80. The highest BCUT2D eigenvalue weighted by atomic mass is 32.1. The number of aliphatic hydroxyl groups is 1. The molecule has 0 amide bonds. The Labute approximate surface area is 116 Å². The minimum Gasteiger partial charge on any atom is -0.493 e. The predicted molar refractivity (Wildman–Crippen MR) is 76.2 cm³/mol. The molecule has 0 spiro atoms. The van der Waals surface area contributed by atoms with E-state index < -0.39 is 0 Å². The molecule has 1 N–H and O–H groups in total. The molecule has 102 valence electrons. The first-order valence-electron chi connectivity index (χ1n) is 5.99. The number of aliphatic hydroxyl groups excluding tert-OH is 1. The number of methoxy groups -OCH3 is 2. The van der Waals surface area contributed by atoms with Gasteiger partial charge < -0.3 is 14.6 Å². The van der Waals surface area contributed by atoms with Gasteiger partial charge in [0.05, 0.1) is 19.9 Å². The van der Waals surface area contributed by atoms with E-state index in [1.807, 2.05) is 25.1 Å². The van der Waals surface area contributed by atoms with Crippen molar-refractivity contribution in [3.8, 4) is 22.1 Å². The van der Waals surface area contributed by atoms with Crippen LogP contribution in [0.4, 0.5) is 0 Å². The van der Waals surface area contributed by atoms with Gasteiger partial charge in [-0.15, -0.1) is 11.3 Å². The van der Waals surface area contributed by atoms with Crippen LogP contribution in [-0.2, 0) is 6.42 Å². The Hall–Kier alpha value is -1.59. The Morgan fingerprint density at radius 2 is 1.95 bits per heavy atom. The molecule has 5 heteroatoms. The third-order valence-corrected chi connectivity index (χ3v) is 4.13. The molecule has 19 heavy (non-hydrogen) atoms. The Morgan fingerprint density at radius 1 is 1.21 bits per heavy atom. The topological polar surface area (TPSA) is 51.6 Å². The molecular weight excluding hydrogens is 262 g/mol. The summed E-state index contributed by atoms with van der Waals surface area (Å²) in [7, 11) is 3.23. The number of benzene rings is 1. The van der Waals surface area contributed by atoms with E-state index in [9.17, 15) is 0 Å². The lowest BCUT2D eigenvalue weighted by molar-refractivity contribution is 0.300. The van der Waals surface area contributed by atoms with E-state index in [-0.39, 0.29) is 6.61 Å². The van der Waals surface area contributed by atoms with Crippen molar-refractivity contribution >= 4 is 11.3 Å². The Kier molecular flexibility index (Phi) is 4.39. The molecule has 2 rings (SSSR count). The van der Waals surface area contributed by atoms with E-state index in [4.69, 9.17) is 14.6 Å². The predicted octanol–water partition coefficient (Wildman–Crippen LogP) is 2.67. The van der Waals surface area contributed by atoms with Gasteiger partial charge in [0.2, 0.25) is 0 Å². The molecule has 0 aliphatic carbocycles. The van der Waals surface area contributed by atoms with Gasteiger partial charge in [0, 0.05) is 23.5 Å². The first-order chi connectivity index (χ1) is 9.19. The fourth-order valence-electron chi connectivity index (χ4n) is 1.85. The maximum absolute atomic E-state index is 9.02. The third-order valence-electron chi connectivity index (χ3n) is 2.86. The summed E-state index contributed by atoms with van der Waals surface area (Å²) >= 11 is 1.60. The second-order valence-electron chi connectivity index (χ2n) is 4.07. The Bertz CT molecular complexity index is 566. The van der Waals surface area contributed by atoms with E-state index in [1.54, 1.807) is 25.6 Å². The van der Waals surface area contributed by atoms with Gasteiger partial charge in [0.15, 0.2) is 11.5 Å². The van der Waals surface area contributed by atoms with Gasteiger partial charge in [0.1, 0.15) is 5.01 Å². The summed E-state index contributed by atoms with van der Waals surface area (Å²) in [5.41, 5.74) is 1.97. The summed E-state index contributed by atoms with van der Waals surface area (Å²) in [4.78, 5) is 5.66. The fourth-order valence-corrected chi connectivity index (χ4v) is 2.90. The molecule has 1 aromatic heterocycles. The van der Waals surface area contributed by atoms with Crippen molar-refractivity contribution in [2.45, 2.75) is 13.3 Å². The highest BCUT2D eigenvalue weighted by molar-refractivity contribution is 7.15. The fraction of sp³-hybridized carbons (Fsp3) is 0.357. The number of nitrogens with zero attached hydrogens (tertiary/aromatic N) is 1. The number of hydrogen-bond donors (Lipinski definition) is 1. The number of hydrogen-bond acceptors (Lipinski definition) is 5. The van der Waals surface area contributed by atoms with Crippen LogP contribution in [0.5, 0.6) is 11.5 Å². The van der Waals surface area contributed by atoms with Crippen molar-refractivity contribution in [2.75, 3.05) is 20.8 Å². The summed E-state index contributed by atoms with van der Waals surface area (Å²) in [6, 6.07) is 5.75. The Balaban J connectivity index is 2.38. The van der Waals surface area contributed by atoms with E-state index >= 15 is 0 Å². The van der Waals surface area contributed by atoms with E-state index in [1.165, 1.54) is 0 Å². The summed E-state index contributed by atoms with van der Waals surface area (Å²) < 4.78 is 10.5. The molecule has 0 fully saturated rings. The largest absolute Gasteiger partial charge is 0.493 e. The van der Waals surface area contributed by atoms with Crippen LogP contribution in [0, 0.1) is 6.92 Å². The van der Waals surface area contributed by atoms with Crippen molar-refractivity contribution in [3.05, 3.63) is 28.8 Å². The van der Waals surface area contributed by atoms with Crippen LogP contribution in [0.3, 0.4) is 0 Å². The first kappa shape index (κ1) is 13.8. The normalized spacial score (nSPS) is 10.5. The van der Waals surface area contributed by atoms with Crippen molar-refractivity contribution in [3.63, 3.8) is 0 Å². The van der Waals surface area contributed by atoms with Gasteiger partial charge in [-0.25, -0.2) is 4.98 Å². The second-order valence-corrected chi connectivity index (χ2v) is 5.15. The summed E-state index contributed by atoms with van der Waals surface area (Å²) in [5, 5.41) is 9.95. The minimum absolute atomic E-state index is 0.147. The van der Waals surface area contributed by atoms with Crippen LogP contribution in [0.25, 0.3) is 10.6 Å². The molecule has 0 aliphatic rings. The quantitative estimate of drug-likeness (QED) is 0.914. The van der Waals surface area contributed by atoms with E-state index in [2.05, 4.69) is 4.98 Å². The monoisotopic (exact) mass is 279 g/mol. The summed E-state index contributed by atoms with van der Waals surface area (Å²) in [6.07, 6.45) is 0.650. The zero-order valence-electron chi connectivity index (χ0n) is 11.3. The smallest absolute Gasteiger partial charge is 0.161 e. The molecule has 0 unspecified atom stereocenters. The van der Waals surface area contributed by atoms with Gasteiger partial charge >= 0.3 is 0 Å². The number of rotatable bonds is 5. The molecule has 0 aliphatic heterocycles. The van der Waals surface area contributed by atoms with Crippen LogP contribution < -0.4 is 9.47 Å². The summed E-state index contributed by atoms with van der Waals surface area (Å²) in [5.74, 6) is 1.40. The number of ether oxygens (including phenoxy) is 2. The Morgan fingerprint density at radius 3 is 2.58 bits per heavy atom. The van der Waals surface area contributed by atoms with Gasteiger partial charge in [0.25, 0.3) is 0 Å². The lowest BCUT2D eigenvalue weighted by Gasteiger charge is -2.08. The SMILES string of the molecule is COc1ccc(-c2nc(C)c(CCO)s2)cc1OC. The molecule has 0 saturated carbocycles. The average molecular weight is 279 g/mol. The van der Waals surface area contributed by atoms with Crippen molar-refractivity contribution in [2.24, 2.45) is 0 Å². The highest BCUT2D eigenvalue weighted by Gasteiger charge is 2.11. The van der Waals surface area contributed by atoms with E-state index in [0.717, 1.165) is 21.1 Å². The zero-order chi connectivity index (χ0) is 13.8. The van der Waals surface area contributed by atoms with E-state index in [0.29, 0.717) is 17.9 Å². The minimum atomic E-state index is 0.147. The molecule has 1 aromatic carbocycles. The maximum Gasteiger partial charge on any atom is 0.161 e. The van der Waals surface area contributed by atoms with Crippen LogP contribution in [0.15, 0.2) is 18.2 Å². The van der Waals surface area contributed by atoms with Crippen molar-refractivity contribution < 1.29 is 14.6 Å². The molecular formula is C14H17NO3S. The molecule has 0 bridgehead atoms. The van der Waals surface area contributed by atoms with Gasteiger partial charge in [-0.3, -0.25) is 0 Å². The van der Waals surface area contributed by atoms with Gasteiger partial charge in [-0.2, -0.15) is 0 Å². The summed E-state index contributed by atoms with van der Waals surface area (Å²) in [6.45, 7) is 2.11. The maximum atomic E-state index is 9.02. The lowest BCUT2D eigenvalue weighted by atomic mass is 10.2. The number of aromatic nitrogens is 1. The number of thiazole rings is 1. The first-order valence-corrected chi connectivity index (χ1v) is 6.80. The van der Waals surface area contributed by atoms with Crippen molar-refractivity contribution in [1.82, 2.24) is 4.98 Å². The third kappa shape index (κ3) is 2.88. The molecule has 4 nitrogen and oxygen atoms in total. The zero-order valence-corrected chi connectivity index (χ0v) is 12.1. The van der Waals surface area contributed by atoms with Gasteiger partial charge in [-0.05, 0) is 25.1 Å². The second kappa shape index (κ2) is 6.04. The lowest BCUT2D eigenvalue weighted by Crippen LogP contribution is -1.90. The molecule has 0 atom stereocenters.